The molecule has 0 saturated carbocycles. The summed E-state index contributed by atoms with van der Waals surface area (Å²) in [6.07, 6.45) is 1.52. The Kier molecular flexibility index (Phi) is 6.68. The van der Waals surface area contributed by atoms with Crippen molar-refractivity contribution in [2.45, 2.75) is 19.8 Å². The molecule has 0 bridgehead atoms. The summed E-state index contributed by atoms with van der Waals surface area (Å²) in [5.41, 5.74) is 1.79. The van der Waals surface area contributed by atoms with E-state index in [4.69, 9.17) is 9.47 Å². The molecule has 1 aromatic heterocycles. The predicted molar refractivity (Wildman–Crippen MR) is 108 cm³/mol. The molecule has 1 aliphatic rings. The van der Waals surface area contributed by atoms with Gasteiger partial charge in [-0.05, 0) is 31.2 Å². The molecule has 1 saturated heterocycles. The van der Waals surface area contributed by atoms with Gasteiger partial charge in [-0.25, -0.2) is 4.98 Å². The summed E-state index contributed by atoms with van der Waals surface area (Å²) in [6.45, 7) is 6.86. The highest BCUT2D eigenvalue weighted by Crippen LogP contribution is 2.33. The van der Waals surface area contributed by atoms with Crippen molar-refractivity contribution in [3.05, 3.63) is 29.3 Å². The highest BCUT2D eigenvalue weighted by molar-refractivity contribution is 7.13. The number of hydrogen-bond acceptors (Lipinski definition) is 6. The fourth-order valence-electron chi connectivity index (χ4n) is 3.29. The highest BCUT2D eigenvalue weighted by Gasteiger charge is 2.21. The largest absolute Gasteiger partial charge is 0.493 e. The van der Waals surface area contributed by atoms with E-state index < -0.39 is 0 Å². The Balaban J connectivity index is 1.62. The van der Waals surface area contributed by atoms with Crippen molar-refractivity contribution in [1.29, 1.82) is 0 Å². The second-order valence-electron chi connectivity index (χ2n) is 6.61. The number of nitrogens with zero attached hydrogens (tertiary/aromatic N) is 3. The first-order valence-electron chi connectivity index (χ1n) is 9.31. The predicted octanol–water partition coefficient (Wildman–Crippen LogP) is 2.92. The van der Waals surface area contributed by atoms with Gasteiger partial charge < -0.3 is 14.4 Å². The number of carbonyl (C=O) groups excluding carboxylic acids is 1. The van der Waals surface area contributed by atoms with Gasteiger partial charge in [-0.3, -0.25) is 9.69 Å². The number of amides is 1. The zero-order chi connectivity index (χ0) is 19.2. The van der Waals surface area contributed by atoms with Crippen LogP contribution < -0.4 is 9.47 Å². The zero-order valence-electron chi connectivity index (χ0n) is 16.2. The minimum Gasteiger partial charge on any atom is -0.493 e. The van der Waals surface area contributed by atoms with E-state index in [-0.39, 0.29) is 5.91 Å². The summed E-state index contributed by atoms with van der Waals surface area (Å²) in [4.78, 5) is 21.6. The number of thiazole rings is 1. The van der Waals surface area contributed by atoms with Gasteiger partial charge in [0.25, 0.3) is 0 Å². The lowest BCUT2D eigenvalue weighted by atomic mass is 10.2. The summed E-state index contributed by atoms with van der Waals surface area (Å²) < 4.78 is 10.6. The molecule has 0 aliphatic carbocycles. The molecule has 0 unspecified atom stereocenters. The number of rotatable bonds is 7. The molecule has 0 spiro atoms. The van der Waals surface area contributed by atoms with Crippen LogP contribution in [0.15, 0.2) is 23.6 Å². The first-order valence-corrected chi connectivity index (χ1v) is 10.2. The maximum absolute atomic E-state index is 12.6. The van der Waals surface area contributed by atoms with Crippen molar-refractivity contribution in [3.8, 4) is 22.1 Å². The fourth-order valence-corrected chi connectivity index (χ4v) is 4.11. The SMILES string of the molecule is CCCN1CCN(C(=O)Cc2csc(-c3ccc(OC)c(OC)c3)n2)CC1. The molecule has 0 radical (unpaired) electrons. The summed E-state index contributed by atoms with van der Waals surface area (Å²) in [7, 11) is 3.24. The molecule has 1 fully saturated rings. The first-order chi connectivity index (χ1) is 13.1. The summed E-state index contributed by atoms with van der Waals surface area (Å²) in [6, 6.07) is 5.74. The van der Waals surface area contributed by atoms with E-state index in [1.165, 1.54) is 0 Å². The second-order valence-corrected chi connectivity index (χ2v) is 7.47. The lowest BCUT2D eigenvalue weighted by Gasteiger charge is -2.34. The quantitative estimate of drug-likeness (QED) is 0.729. The molecule has 1 aliphatic heterocycles. The normalized spacial score (nSPS) is 15.0. The topological polar surface area (TPSA) is 54.9 Å². The molecule has 27 heavy (non-hydrogen) atoms. The van der Waals surface area contributed by atoms with Gasteiger partial charge in [0.15, 0.2) is 11.5 Å². The van der Waals surface area contributed by atoms with Gasteiger partial charge in [0, 0.05) is 37.1 Å². The summed E-state index contributed by atoms with van der Waals surface area (Å²) in [5.74, 6) is 1.53. The Morgan fingerprint density at radius 2 is 1.89 bits per heavy atom. The minimum absolute atomic E-state index is 0.162. The molecular weight excluding hydrogens is 362 g/mol. The Morgan fingerprint density at radius 3 is 2.56 bits per heavy atom. The molecule has 0 N–H and O–H groups in total. The van der Waals surface area contributed by atoms with Crippen LogP contribution in [0.1, 0.15) is 19.0 Å². The van der Waals surface area contributed by atoms with E-state index in [0.29, 0.717) is 17.9 Å². The van der Waals surface area contributed by atoms with Crippen LogP contribution in [0.4, 0.5) is 0 Å². The van der Waals surface area contributed by atoms with Crippen molar-refractivity contribution in [2.75, 3.05) is 46.9 Å². The molecule has 3 rings (SSSR count). The van der Waals surface area contributed by atoms with Crippen LogP contribution in [0.5, 0.6) is 11.5 Å². The molecule has 146 valence electrons. The Bertz CT molecular complexity index is 770. The van der Waals surface area contributed by atoms with Crippen molar-refractivity contribution in [2.24, 2.45) is 0 Å². The highest BCUT2D eigenvalue weighted by atomic mass is 32.1. The smallest absolute Gasteiger partial charge is 0.228 e. The maximum Gasteiger partial charge on any atom is 0.228 e. The van der Waals surface area contributed by atoms with Crippen LogP contribution in [0, 0.1) is 0 Å². The van der Waals surface area contributed by atoms with E-state index in [9.17, 15) is 4.79 Å². The van der Waals surface area contributed by atoms with Gasteiger partial charge in [-0.1, -0.05) is 6.92 Å². The number of piperazine rings is 1. The number of aromatic nitrogens is 1. The lowest BCUT2D eigenvalue weighted by Crippen LogP contribution is -2.49. The lowest BCUT2D eigenvalue weighted by molar-refractivity contribution is -0.132. The molecule has 6 nitrogen and oxygen atoms in total. The van der Waals surface area contributed by atoms with Crippen LogP contribution in [0.25, 0.3) is 10.6 Å². The van der Waals surface area contributed by atoms with E-state index in [1.54, 1.807) is 25.6 Å². The third-order valence-electron chi connectivity index (χ3n) is 4.78. The first kappa shape index (κ1) is 19.6. The van der Waals surface area contributed by atoms with Crippen LogP contribution >= 0.6 is 11.3 Å². The van der Waals surface area contributed by atoms with E-state index in [2.05, 4.69) is 16.8 Å². The number of ether oxygens (including phenoxy) is 2. The van der Waals surface area contributed by atoms with Crippen molar-refractivity contribution in [3.63, 3.8) is 0 Å². The zero-order valence-corrected chi connectivity index (χ0v) is 17.1. The Labute approximate surface area is 164 Å². The molecule has 2 heterocycles. The van der Waals surface area contributed by atoms with Crippen LogP contribution in [-0.2, 0) is 11.2 Å². The molecular formula is C20H27N3O3S. The van der Waals surface area contributed by atoms with Crippen molar-refractivity contribution < 1.29 is 14.3 Å². The number of carbonyl (C=O) groups is 1. The van der Waals surface area contributed by atoms with Crippen LogP contribution in [-0.4, -0.2) is 67.6 Å². The molecule has 1 aromatic carbocycles. The minimum atomic E-state index is 0.162. The van der Waals surface area contributed by atoms with Gasteiger partial charge >= 0.3 is 0 Å². The average molecular weight is 390 g/mol. The molecule has 1 amide bonds. The Hall–Kier alpha value is -2.12. The Morgan fingerprint density at radius 1 is 1.15 bits per heavy atom. The van der Waals surface area contributed by atoms with Gasteiger partial charge in [-0.2, -0.15) is 0 Å². The van der Waals surface area contributed by atoms with Crippen LogP contribution in [0.3, 0.4) is 0 Å². The number of benzene rings is 1. The molecule has 0 atom stereocenters. The van der Waals surface area contributed by atoms with Gasteiger partial charge in [-0.15, -0.1) is 11.3 Å². The van der Waals surface area contributed by atoms with E-state index >= 15 is 0 Å². The van der Waals surface area contributed by atoms with Crippen LogP contribution in [0.2, 0.25) is 0 Å². The standard InChI is InChI=1S/C20H27N3O3S/c1-4-7-22-8-10-23(11-9-22)19(24)13-16-14-27-20(21-16)15-5-6-17(25-2)18(12-15)26-3/h5-6,12,14H,4,7-11,13H2,1-3H3. The third-order valence-corrected chi connectivity index (χ3v) is 5.72. The van der Waals surface area contributed by atoms with Gasteiger partial charge in [0.2, 0.25) is 5.91 Å². The van der Waals surface area contributed by atoms with Crippen molar-refractivity contribution in [1.82, 2.24) is 14.8 Å². The molecule has 2 aromatic rings. The van der Waals surface area contributed by atoms with Gasteiger partial charge in [0.05, 0.1) is 26.3 Å². The summed E-state index contributed by atoms with van der Waals surface area (Å²) >= 11 is 1.54. The second kappa shape index (κ2) is 9.19. The van der Waals surface area contributed by atoms with Crippen molar-refractivity contribution >= 4 is 17.2 Å². The summed E-state index contributed by atoms with van der Waals surface area (Å²) in [5, 5.41) is 2.85. The van der Waals surface area contributed by atoms with E-state index in [1.807, 2.05) is 28.5 Å². The van der Waals surface area contributed by atoms with Gasteiger partial charge in [0.1, 0.15) is 5.01 Å². The number of methoxy groups -OCH3 is 2. The van der Waals surface area contributed by atoms with E-state index in [0.717, 1.165) is 55.4 Å². The average Bonchev–Trinajstić information content (AvgIpc) is 3.16. The monoisotopic (exact) mass is 389 g/mol. The maximum atomic E-state index is 12.6. The molecule has 7 heteroatoms. The fraction of sp³-hybridized carbons (Fsp3) is 0.500. The number of hydrogen-bond donors (Lipinski definition) is 0. The third kappa shape index (κ3) is 4.78.